The van der Waals surface area contributed by atoms with Crippen LogP contribution < -0.4 is 5.32 Å². The number of rotatable bonds is 5. The van der Waals surface area contributed by atoms with E-state index in [1.807, 2.05) is 30.5 Å². The van der Waals surface area contributed by atoms with Gasteiger partial charge in [-0.1, -0.05) is 28.1 Å². The summed E-state index contributed by atoms with van der Waals surface area (Å²) in [5.74, 6) is -0.494. The molecule has 0 saturated carbocycles. The smallest absolute Gasteiger partial charge is 0.243 e. The van der Waals surface area contributed by atoms with Crippen molar-refractivity contribution in [2.75, 3.05) is 24.7 Å². The standard InChI is InChI=1S/C19H21BrN2O3S2/c1-26-18-7-3-2-6-17(18)21-19(23)14-5-4-12-22(13-14)27(24,25)16-10-8-15(20)9-11-16/h2-3,6-11,14H,4-5,12-13H2,1H3,(H,21,23)/t14-/m0/s1. The Morgan fingerprint density at radius 2 is 1.89 bits per heavy atom. The molecular weight excluding hydrogens is 448 g/mol. The minimum absolute atomic E-state index is 0.132. The van der Waals surface area contributed by atoms with Crippen LogP contribution >= 0.6 is 27.7 Å². The molecule has 1 heterocycles. The van der Waals surface area contributed by atoms with Crippen molar-refractivity contribution in [3.63, 3.8) is 0 Å². The van der Waals surface area contributed by atoms with E-state index < -0.39 is 10.0 Å². The second-order valence-electron chi connectivity index (χ2n) is 6.35. The molecule has 1 atom stereocenters. The summed E-state index contributed by atoms with van der Waals surface area (Å²) in [5.41, 5.74) is 0.767. The fraction of sp³-hybridized carbons (Fsp3) is 0.316. The average Bonchev–Trinajstić information content (AvgIpc) is 2.69. The number of para-hydroxylation sites is 1. The maximum Gasteiger partial charge on any atom is 0.243 e. The summed E-state index contributed by atoms with van der Waals surface area (Å²) in [6.07, 6.45) is 3.30. The van der Waals surface area contributed by atoms with Gasteiger partial charge < -0.3 is 5.32 Å². The lowest BCUT2D eigenvalue weighted by molar-refractivity contribution is -0.120. The third-order valence-corrected chi connectivity index (χ3v) is 7.78. The van der Waals surface area contributed by atoms with E-state index in [1.165, 1.54) is 4.31 Å². The van der Waals surface area contributed by atoms with Gasteiger partial charge in [0.2, 0.25) is 15.9 Å². The van der Waals surface area contributed by atoms with E-state index in [1.54, 1.807) is 36.0 Å². The summed E-state index contributed by atoms with van der Waals surface area (Å²) < 4.78 is 28.0. The second-order valence-corrected chi connectivity index (χ2v) is 10.0. The maximum atomic E-state index is 12.9. The van der Waals surface area contributed by atoms with E-state index in [-0.39, 0.29) is 23.3 Å². The van der Waals surface area contributed by atoms with Gasteiger partial charge in [0, 0.05) is 22.5 Å². The van der Waals surface area contributed by atoms with Gasteiger partial charge in [-0.25, -0.2) is 8.42 Å². The van der Waals surface area contributed by atoms with Crippen LogP contribution in [0.5, 0.6) is 0 Å². The van der Waals surface area contributed by atoms with Crippen molar-refractivity contribution in [2.24, 2.45) is 5.92 Å². The van der Waals surface area contributed by atoms with Gasteiger partial charge in [0.05, 0.1) is 16.5 Å². The topological polar surface area (TPSA) is 66.5 Å². The summed E-state index contributed by atoms with van der Waals surface area (Å²) in [5, 5.41) is 2.96. The van der Waals surface area contributed by atoms with E-state index in [4.69, 9.17) is 0 Å². The van der Waals surface area contributed by atoms with Crippen LogP contribution in [-0.2, 0) is 14.8 Å². The highest BCUT2D eigenvalue weighted by Crippen LogP contribution is 2.28. The number of sulfonamides is 1. The Morgan fingerprint density at radius 1 is 1.19 bits per heavy atom. The Labute approximate surface area is 172 Å². The number of halogens is 1. The minimum atomic E-state index is -3.60. The molecule has 0 unspecified atom stereocenters. The van der Waals surface area contributed by atoms with Gasteiger partial charge in [-0.2, -0.15) is 4.31 Å². The number of hydrogen-bond acceptors (Lipinski definition) is 4. The van der Waals surface area contributed by atoms with Crippen molar-refractivity contribution in [1.29, 1.82) is 0 Å². The average molecular weight is 469 g/mol. The predicted molar refractivity (Wildman–Crippen MR) is 112 cm³/mol. The molecule has 0 bridgehead atoms. The van der Waals surface area contributed by atoms with Crippen molar-refractivity contribution in [3.05, 3.63) is 53.0 Å². The van der Waals surface area contributed by atoms with Crippen LogP contribution in [0.3, 0.4) is 0 Å². The van der Waals surface area contributed by atoms with E-state index in [2.05, 4.69) is 21.2 Å². The number of amides is 1. The molecule has 1 aliphatic heterocycles. The Morgan fingerprint density at radius 3 is 2.59 bits per heavy atom. The Kier molecular flexibility index (Phi) is 6.62. The number of anilines is 1. The molecule has 2 aromatic rings. The molecule has 3 rings (SSSR count). The van der Waals surface area contributed by atoms with Crippen LogP contribution in [0, 0.1) is 5.92 Å². The van der Waals surface area contributed by atoms with E-state index in [0.29, 0.717) is 19.4 Å². The first-order valence-electron chi connectivity index (χ1n) is 8.61. The summed E-state index contributed by atoms with van der Waals surface area (Å²) in [4.78, 5) is 14.0. The first kappa shape index (κ1) is 20.4. The molecule has 5 nitrogen and oxygen atoms in total. The summed E-state index contributed by atoms with van der Waals surface area (Å²) >= 11 is 4.88. The highest BCUT2D eigenvalue weighted by atomic mass is 79.9. The summed E-state index contributed by atoms with van der Waals surface area (Å²) in [7, 11) is -3.60. The number of nitrogens with one attached hydrogen (secondary N) is 1. The van der Waals surface area contributed by atoms with Crippen LogP contribution in [0.2, 0.25) is 0 Å². The largest absolute Gasteiger partial charge is 0.325 e. The lowest BCUT2D eigenvalue weighted by Crippen LogP contribution is -2.43. The first-order valence-corrected chi connectivity index (χ1v) is 12.1. The third kappa shape index (κ3) is 4.74. The number of piperidine rings is 1. The highest BCUT2D eigenvalue weighted by molar-refractivity contribution is 9.10. The fourth-order valence-corrected chi connectivity index (χ4v) is 5.45. The number of hydrogen-bond donors (Lipinski definition) is 1. The number of carbonyl (C=O) groups excluding carboxylic acids is 1. The van der Waals surface area contributed by atoms with Crippen LogP contribution in [0.1, 0.15) is 12.8 Å². The lowest BCUT2D eigenvalue weighted by Gasteiger charge is -2.31. The van der Waals surface area contributed by atoms with E-state index in [0.717, 1.165) is 15.1 Å². The summed E-state index contributed by atoms with van der Waals surface area (Å²) in [6.45, 7) is 0.634. The molecule has 27 heavy (non-hydrogen) atoms. The van der Waals surface area contributed by atoms with Crippen LogP contribution in [0.15, 0.2) is 62.8 Å². The van der Waals surface area contributed by atoms with Crippen LogP contribution in [-0.4, -0.2) is 38.0 Å². The molecular formula is C19H21BrN2O3S2. The second kappa shape index (κ2) is 8.77. The number of nitrogens with zero attached hydrogens (tertiary/aromatic N) is 1. The monoisotopic (exact) mass is 468 g/mol. The normalized spacial score (nSPS) is 18.2. The van der Waals surface area contributed by atoms with Gasteiger partial charge in [-0.3, -0.25) is 4.79 Å². The predicted octanol–water partition coefficient (Wildman–Crippen LogP) is 4.21. The van der Waals surface area contributed by atoms with Gasteiger partial charge in [0.25, 0.3) is 0 Å². The molecule has 0 radical (unpaired) electrons. The van der Waals surface area contributed by atoms with E-state index in [9.17, 15) is 13.2 Å². The molecule has 1 fully saturated rings. The molecule has 8 heteroatoms. The third-order valence-electron chi connectivity index (χ3n) is 4.57. The Bertz CT molecular complexity index is 917. The zero-order valence-corrected chi connectivity index (χ0v) is 18.1. The zero-order chi connectivity index (χ0) is 19.4. The van der Waals surface area contributed by atoms with Crippen molar-refractivity contribution in [3.8, 4) is 0 Å². The Balaban J connectivity index is 1.73. The van der Waals surface area contributed by atoms with Crippen LogP contribution in [0.25, 0.3) is 0 Å². The van der Waals surface area contributed by atoms with Gasteiger partial charge in [-0.05, 0) is 55.5 Å². The summed E-state index contributed by atoms with van der Waals surface area (Å²) in [6, 6.07) is 14.2. The zero-order valence-electron chi connectivity index (χ0n) is 14.9. The van der Waals surface area contributed by atoms with Crippen molar-refractivity contribution in [1.82, 2.24) is 4.31 Å². The number of carbonyl (C=O) groups is 1. The SMILES string of the molecule is CSc1ccccc1NC(=O)[C@H]1CCCN(S(=O)(=O)c2ccc(Br)cc2)C1. The van der Waals surface area contributed by atoms with Gasteiger partial charge >= 0.3 is 0 Å². The molecule has 144 valence electrons. The van der Waals surface area contributed by atoms with Crippen molar-refractivity contribution < 1.29 is 13.2 Å². The van der Waals surface area contributed by atoms with E-state index >= 15 is 0 Å². The van der Waals surface area contributed by atoms with Crippen molar-refractivity contribution in [2.45, 2.75) is 22.6 Å². The number of benzene rings is 2. The quantitative estimate of drug-likeness (QED) is 0.667. The molecule has 2 aromatic carbocycles. The van der Waals surface area contributed by atoms with Crippen molar-refractivity contribution >= 4 is 49.3 Å². The first-order chi connectivity index (χ1) is 12.9. The molecule has 1 amide bonds. The fourth-order valence-electron chi connectivity index (χ4n) is 3.11. The van der Waals surface area contributed by atoms with Gasteiger partial charge in [0.15, 0.2) is 0 Å². The van der Waals surface area contributed by atoms with Crippen LogP contribution in [0.4, 0.5) is 5.69 Å². The molecule has 1 saturated heterocycles. The number of thioether (sulfide) groups is 1. The molecule has 0 spiro atoms. The highest BCUT2D eigenvalue weighted by Gasteiger charge is 2.33. The van der Waals surface area contributed by atoms with Gasteiger partial charge in [-0.15, -0.1) is 11.8 Å². The molecule has 1 N–H and O–H groups in total. The van der Waals surface area contributed by atoms with Gasteiger partial charge in [0.1, 0.15) is 0 Å². The lowest BCUT2D eigenvalue weighted by atomic mass is 9.99. The Hall–Kier alpha value is -1.35. The maximum absolute atomic E-state index is 12.9. The molecule has 1 aliphatic rings. The minimum Gasteiger partial charge on any atom is -0.325 e. The molecule has 0 aliphatic carbocycles. The molecule has 0 aromatic heterocycles.